The van der Waals surface area contributed by atoms with Crippen molar-refractivity contribution < 1.29 is 18.0 Å². The normalized spacial score (nSPS) is 12.8. The van der Waals surface area contributed by atoms with Gasteiger partial charge in [-0.3, -0.25) is 9.36 Å². The molecule has 35 heavy (non-hydrogen) atoms. The summed E-state index contributed by atoms with van der Waals surface area (Å²) in [5.74, 6) is -0.190. The molecule has 0 spiro atoms. The number of fused-ring (bicyclic) bond motifs is 3. The predicted octanol–water partition coefficient (Wildman–Crippen LogP) is 7.45. The largest absolute Gasteiger partial charge is 0.416 e. The van der Waals surface area contributed by atoms with Gasteiger partial charge in [-0.25, -0.2) is 4.98 Å². The number of nitrogens with zero attached hydrogens (tertiary/aromatic N) is 2. The zero-order chi connectivity index (χ0) is 24.7. The molecule has 2 heterocycles. The van der Waals surface area contributed by atoms with Gasteiger partial charge in [0.2, 0.25) is 0 Å². The number of nitrogens with one attached hydrogen (secondary N) is 1. The number of hydrogen-bond donors (Lipinski definition) is 1. The molecule has 0 radical (unpaired) electrons. The van der Waals surface area contributed by atoms with Crippen LogP contribution < -0.4 is 5.32 Å². The molecule has 178 valence electrons. The molecule has 5 aromatic rings. The van der Waals surface area contributed by atoms with Crippen LogP contribution in [0.15, 0.2) is 72.8 Å². The maximum Gasteiger partial charge on any atom is 0.416 e. The Hall–Kier alpha value is -3.65. The molecule has 4 nitrogen and oxygen atoms in total. The molecule has 1 atom stereocenters. The van der Waals surface area contributed by atoms with Crippen LogP contribution in [-0.4, -0.2) is 15.5 Å². The standard InChI is InChI=1S/C27H22F3N3OS/c1-3-22(17-7-5-4-6-8-17)32-25(34)18-9-14-23-21(15-18)24-26(35-16(2)31-24)33(23)20-12-10-19(11-13-20)27(28,29)30/h4-15,22H,3H2,1-2H3,(H,32,34)/t22-/m0/s1. The maximum absolute atomic E-state index is 13.1. The third-order valence-electron chi connectivity index (χ3n) is 6.04. The fourth-order valence-corrected chi connectivity index (χ4v) is 5.28. The second-order valence-electron chi connectivity index (χ2n) is 8.34. The molecule has 0 fully saturated rings. The summed E-state index contributed by atoms with van der Waals surface area (Å²) in [5, 5.41) is 4.72. The van der Waals surface area contributed by atoms with Crippen molar-refractivity contribution in [2.75, 3.05) is 0 Å². The van der Waals surface area contributed by atoms with Crippen LogP contribution in [0.2, 0.25) is 0 Å². The highest BCUT2D eigenvalue weighted by molar-refractivity contribution is 7.18. The summed E-state index contributed by atoms with van der Waals surface area (Å²) >= 11 is 1.46. The maximum atomic E-state index is 13.1. The molecule has 0 unspecified atom stereocenters. The summed E-state index contributed by atoms with van der Waals surface area (Å²) in [6.07, 6.45) is -3.65. The van der Waals surface area contributed by atoms with Crippen LogP contribution in [0.1, 0.15) is 45.9 Å². The van der Waals surface area contributed by atoms with E-state index in [1.54, 1.807) is 6.07 Å². The van der Waals surface area contributed by atoms with Gasteiger partial charge in [0.25, 0.3) is 5.91 Å². The van der Waals surface area contributed by atoms with E-state index in [4.69, 9.17) is 0 Å². The number of aryl methyl sites for hydroxylation is 1. The van der Waals surface area contributed by atoms with E-state index in [9.17, 15) is 18.0 Å². The predicted molar refractivity (Wildman–Crippen MR) is 133 cm³/mol. The lowest BCUT2D eigenvalue weighted by atomic mass is 10.0. The zero-order valence-electron chi connectivity index (χ0n) is 19.1. The SMILES string of the molecule is CC[C@H](NC(=O)c1ccc2c(c1)c1nc(C)sc1n2-c1ccc(C(F)(F)F)cc1)c1ccccc1. The number of hydrogen-bond acceptors (Lipinski definition) is 3. The van der Waals surface area contributed by atoms with E-state index in [1.165, 1.54) is 23.5 Å². The number of rotatable bonds is 5. The lowest BCUT2D eigenvalue weighted by molar-refractivity contribution is -0.137. The Morgan fingerprint density at radius 2 is 1.77 bits per heavy atom. The number of benzene rings is 3. The Balaban J connectivity index is 1.56. The molecule has 1 amide bonds. The quantitative estimate of drug-likeness (QED) is 0.276. The molecule has 0 saturated heterocycles. The molecule has 5 rings (SSSR count). The first kappa shape index (κ1) is 23.1. The number of alkyl halides is 3. The van der Waals surface area contributed by atoms with Crippen molar-refractivity contribution in [3.63, 3.8) is 0 Å². The Morgan fingerprint density at radius 3 is 2.43 bits per heavy atom. The number of thiazole rings is 1. The summed E-state index contributed by atoms with van der Waals surface area (Å²) in [5.41, 5.74) is 2.96. The van der Waals surface area contributed by atoms with Crippen molar-refractivity contribution in [1.82, 2.24) is 14.9 Å². The van der Waals surface area contributed by atoms with Gasteiger partial charge in [-0.15, -0.1) is 11.3 Å². The molecule has 0 saturated carbocycles. The fourth-order valence-electron chi connectivity index (χ4n) is 4.32. The first-order valence-corrected chi connectivity index (χ1v) is 12.0. The molecule has 0 aliphatic carbocycles. The molecule has 0 aliphatic rings. The van der Waals surface area contributed by atoms with Gasteiger partial charge in [-0.2, -0.15) is 13.2 Å². The van der Waals surface area contributed by atoms with E-state index < -0.39 is 11.7 Å². The summed E-state index contributed by atoms with van der Waals surface area (Å²) in [7, 11) is 0. The third kappa shape index (κ3) is 4.30. The van der Waals surface area contributed by atoms with Crippen molar-refractivity contribution in [1.29, 1.82) is 0 Å². The average molecular weight is 494 g/mol. The van der Waals surface area contributed by atoms with Crippen molar-refractivity contribution in [3.05, 3.63) is 94.5 Å². The number of halogens is 3. The number of carbonyl (C=O) groups is 1. The van der Waals surface area contributed by atoms with E-state index in [0.717, 1.165) is 50.4 Å². The van der Waals surface area contributed by atoms with Crippen molar-refractivity contribution in [2.24, 2.45) is 0 Å². The first-order chi connectivity index (χ1) is 16.8. The number of carbonyl (C=O) groups excluding carboxylic acids is 1. The summed E-state index contributed by atoms with van der Waals surface area (Å²) in [4.78, 5) is 18.6. The Kier molecular flexibility index (Phi) is 5.84. The highest BCUT2D eigenvalue weighted by atomic mass is 32.1. The van der Waals surface area contributed by atoms with Crippen LogP contribution in [0.3, 0.4) is 0 Å². The molecule has 2 aromatic heterocycles. The van der Waals surface area contributed by atoms with E-state index in [2.05, 4.69) is 10.3 Å². The molecular formula is C27H22F3N3OS. The number of amides is 1. The molecule has 3 aromatic carbocycles. The van der Waals surface area contributed by atoms with Crippen LogP contribution in [-0.2, 0) is 6.18 Å². The van der Waals surface area contributed by atoms with E-state index in [0.29, 0.717) is 11.3 Å². The molecular weight excluding hydrogens is 471 g/mol. The van der Waals surface area contributed by atoms with Gasteiger partial charge in [0.05, 0.1) is 22.1 Å². The van der Waals surface area contributed by atoms with Crippen LogP contribution in [0.25, 0.3) is 26.9 Å². The van der Waals surface area contributed by atoms with Gasteiger partial charge in [0, 0.05) is 16.6 Å². The molecule has 8 heteroatoms. The van der Waals surface area contributed by atoms with Crippen molar-refractivity contribution >= 4 is 38.5 Å². The van der Waals surface area contributed by atoms with Gasteiger partial charge >= 0.3 is 6.18 Å². The highest BCUT2D eigenvalue weighted by Gasteiger charge is 2.30. The van der Waals surface area contributed by atoms with Crippen LogP contribution in [0, 0.1) is 6.92 Å². The van der Waals surface area contributed by atoms with Gasteiger partial charge in [0.15, 0.2) is 0 Å². The first-order valence-electron chi connectivity index (χ1n) is 11.2. The second-order valence-corrected chi connectivity index (χ2v) is 9.53. The van der Waals surface area contributed by atoms with Crippen LogP contribution in [0.4, 0.5) is 13.2 Å². The molecule has 0 aliphatic heterocycles. The van der Waals surface area contributed by atoms with Gasteiger partial charge in [0.1, 0.15) is 10.3 Å². The van der Waals surface area contributed by atoms with E-state index >= 15 is 0 Å². The zero-order valence-corrected chi connectivity index (χ0v) is 19.9. The van der Waals surface area contributed by atoms with Gasteiger partial charge < -0.3 is 5.32 Å². The third-order valence-corrected chi connectivity index (χ3v) is 7.00. The van der Waals surface area contributed by atoms with Crippen LogP contribution >= 0.6 is 11.3 Å². The van der Waals surface area contributed by atoms with Crippen LogP contribution in [0.5, 0.6) is 0 Å². The topological polar surface area (TPSA) is 46.9 Å². The molecule has 1 N–H and O–H groups in total. The number of aromatic nitrogens is 2. The van der Waals surface area contributed by atoms with E-state index in [1.807, 2.05) is 60.9 Å². The van der Waals surface area contributed by atoms with Gasteiger partial charge in [-0.05, 0) is 61.4 Å². The Bertz CT molecular complexity index is 1520. The average Bonchev–Trinajstić information content (AvgIpc) is 3.36. The van der Waals surface area contributed by atoms with Crippen molar-refractivity contribution in [2.45, 2.75) is 32.5 Å². The Labute approximate surface area is 204 Å². The summed E-state index contributed by atoms with van der Waals surface area (Å²) in [6, 6.07) is 20.2. The van der Waals surface area contributed by atoms with Crippen molar-refractivity contribution in [3.8, 4) is 5.69 Å². The summed E-state index contributed by atoms with van der Waals surface area (Å²) < 4.78 is 41.1. The minimum absolute atomic E-state index is 0.113. The highest BCUT2D eigenvalue weighted by Crippen LogP contribution is 2.37. The fraction of sp³-hybridized carbons (Fsp3) is 0.185. The molecule has 0 bridgehead atoms. The Morgan fingerprint density at radius 1 is 1.06 bits per heavy atom. The lowest BCUT2D eigenvalue weighted by Gasteiger charge is -2.17. The van der Waals surface area contributed by atoms with E-state index in [-0.39, 0.29) is 11.9 Å². The minimum atomic E-state index is -4.40. The lowest BCUT2D eigenvalue weighted by Crippen LogP contribution is -2.28. The minimum Gasteiger partial charge on any atom is -0.345 e. The second kappa shape index (κ2) is 8.85. The monoisotopic (exact) mass is 493 g/mol. The van der Waals surface area contributed by atoms with Gasteiger partial charge in [-0.1, -0.05) is 37.3 Å². The summed E-state index contributed by atoms with van der Waals surface area (Å²) in [6.45, 7) is 3.91. The smallest absolute Gasteiger partial charge is 0.345 e.